The Hall–Kier alpha value is -0.670. The second kappa shape index (κ2) is 3.64. The van der Waals surface area contributed by atoms with Crippen molar-refractivity contribution in [3.63, 3.8) is 0 Å². The molecule has 60 valence electrons. The fourth-order valence-corrected chi connectivity index (χ4v) is 0.834. The van der Waals surface area contributed by atoms with Crippen LogP contribution in [-0.2, 0) is 10.9 Å². The Morgan fingerprint density at radius 1 is 1.27 bits per heavy atom. The van der Waals surface area contributed by atoms with Crippen LogP contribution in [0.5, 0.6) is 0 Å². The van der Waals surface area contributed by atoms with E-state index in [1.54, 1.807) is 0 Å². The first kappa shape index (κ1) is 8.43. The predicted octanol–water partition coefficient (Wildman–Crippen LogP) is 2.64. The Morgan fingerprint density at radius 2 is 1.82 bits per heavy atom. The van der Waals surface area contributed by atoms with Crippen molar-refractivity contribution < 1.29 is 13.1 Å². The fourth-order valence-electron chi connectivity index (χ4n) is 0.725. The fraction of sp³-hybridized carbons (Fsp3) is 0.143. The van der Waals surface area contributed by atoms with Gasteiger partial charge in [0, 0.05) is 0 Å². The molecule has 0 radical (unpaired) electrons. The van der Waals surface area contributed by atoms with Gasteiger partial charge in [0.15, 0.2) is 0 Å². The zero-order valence-corrected chi connectivity index (χ0v) is 6.24. The Bertz CT molecular complexity index is 232. The summed E-state index contributed by atoms with van der Waals surface area (Å²) in [5.74, 6) is -1.30. The number of hydrogen-bond acceptors (Lipinski definition) is 1. The highest BCUT2D eigenvalue weighted by Gasteiger charge is 2.06. The molecule has 0 atom stereocenters. The highest BCUT2D eigenvalue weighted by molar-refractivity contribution is 6.07. The van der Waals surface area contributed by atoms with Gasteiger partial charge < -0.3 is 0 Å². The maximum atomic E-state index is 12.7. The first-order valence-electron chi connectivity index (χ1n) is 2.92. The molecule has 0 spiro atoms. The lowest BCUT2D eigenvalue weighted by atomic mass is 10.2. The van der Waals surface area contributed by atoms with E-state index in [0.29, 0.717) is 0 Å². The van der Waals surface area contributed by atoms with Crippen LogP contribution in [0.4, 0.5) is 8.78 Å². The van der Waals surface area contributed by atoms with E-state index in [9.17, 15) is 8.78 Å². The molecule has 0 N–H and O–H groups in total. The molecule has 11 heavy (non-hydrogen) atoms. The minimum atomic E-state index is -0.648. The molecule has 0 aliphatic rings. The minimum absolute atomic E-state index is 0.150. The van der Waals surface area contributed by atoms with Crippen molar-refractivity contribution in [1.82, 2.24) is 0 Å². The van der Waals surface area contributed by atoms with Crippen LogP contribution in [-0.4, -0.2) is 0 Å². The monoisotopic (exact) mass is 178 g/mol. The van der Waals surface area contributed by atoms with Crippen LogP contribution in [0.2, 0.25) is 0 Å². The normalized spacial score (nSPS) is 10.1. The third kappa shape index (κ3) is 1.88. The average molecular weight is 179 g/mol. The molecule has 0 fully saturated rings. The van der Waals surface area contributed by atoms with Gasteiger partial charge in [-0.05, 0) is 12.1 Å². The summed E-state index contributed by atoms with van der Waals surface area (Å²) in [6.07, 6.45) is 0. The van der Waals surface area contributed by atoms with Gasteiger partial charge in [-0.1, -0.05) is 6.07 Å². The summed E-state index contributed by atoms with van der Waals surface area (Å²) in [6.45, 7) is -0.264. The van der Waals surface area contributed by atoms with Crippen LogP contribution in [0.15, 0.2) is 18.2 Å². The number of hydrogen-bond donors (Lipinski definition) is 0. The van der Waals surface area contributed by atoms with Crippen LogP contribution in [0.25, 0.3) is 0 Å². The molecule has 1 nitrogen and oxygen atoms in total. The molecule has 4 heteroatoms. The van der Waals surface area contributed by atoms with Crippen molar-refractivity contribution in [2.75, 3.05) is 0 Å². The van der Waals surface area contributed by atoms with E-state index < -0.39 is 11.6 Å². The lowest BCUT2D eigenvalue weighted by molar-refractivity contribution is 0.323. The van der Waals surface area contributed by atoms with Crippen molar-refractivity contribution in [2.45, 2.75) is 6.61 Å². The molecule has 1 rings (SSSR count). The van der Waals surface area contributed by atoms with E-state index in [4.69, 9.17) is 11.9 Å². The molecule has 0 unspecified atom stereocenters. The molecular formula is C7H5ClF2O. The van der Waals surface area contributed by atoms with Gasteiger partial charge in [-0.25, -0.2) is 8.78 Å². The highest BCUT2D eigenvalue weighted by Crippen LogP contribution is 2.13. The van der Waals surface area contributed by atoms with Crippen LogP contribution >= 0.6 is 11.9 Å². The van der Waals surface area contributed by atoms with E-state index in [1.807, 2.05) is 0 Å². The molecule has 0 aliphatic heterocycles. The lowest BCUT2D eigenvalue weighted by Gasteiger charge is -2.00. The topological polar surface area (TPSA) is 9.23 Å². The molecule has 1 aromatic carbocycles. The van der Waals surface area contributed by atoms with Gasteiger partial charge in [-0.2, -0.15) is 0 Å². The first-order chi connectivity index (χ1) is 5.25. The summed E-state index contributed by atoms with van der Waals surface area (Å²) in [5.41, 5.74) is -0.150. The number of halogens is 3. The van der Waals surface area contributed by atoms with Crippen molar-refractivity contribution in [1.29, 1.82) is 0 Å². The zero-order valence-electron chi connectivity index (χ0n) is 5.48. The highest BCUT2D eigenvalue weighted by atomic mass is 35.5. The van der Waals surface area contributed by atoms with Gasteiger partial charge >= 0.3 is 0 Å². The third-order valence-electron chi connectivity index (χ3n) is 1.26. The first-order valence-corrected chi connectivity index (χ1v) is 3.23. The largest absolute Gasteiger partial charge is 0.274 e. The summed E-state index contributed by atoms with van der Waals surface area (Å²) < 4.78 is 29.4. The summed E-state index contributed by atoms with van der Waals surface area (Å²) in [7, 11) is 0. The summed E-state index contributed by atoms with van der Waals surface area (Å²) >= 11 is 4.85. The summed E-state index contributed by atoms with van der Waals surface area (Å²) in [5, 5.41) is 0. The molecular weight excluding hydrogens is 174 g/mol. The number of rotatable bonds is 2. The molecule has 0 heterocycles. The third-order valence-corrected chi connectivity index (χ3v) is 1.37. The van der Waals surface area contributed by atoms with Crippen LogP contribution in [0.1, 0.15) is 5.56 Å². The molecule has 0 saturated heterocycles. The lowest BCUT2D eigenvalue weighted by Crippen LogP contribution is -1.94. The molecule has 0 aromatic heterocycles. The average Bonchev–Trinajstić information content (AvgIpc) is 1.97. The quantitative estimate of drug-likeness (QED) is 0.677. The van der Waals surface area contributed by atoms with Gasteiger partial charge in [0.05, 0.1) is 24.0 Å². The second-order valence-corrected chi connectivity index (χ2v) is 2.17. The standard InChI is InChI=1S/C7H5ClF2O/c8-11-4-5-6(9)2-1-3-7(5)10/h1-3H,4H2. The van der Waals surface area contributed by atoms with E-state index in [-0.39, 0.29) is 12.2 Å². The van der Waals surface area contributed by atoms with E-state index in [0.717, 1.165) is 12.1 Å². The van der Waals surface area contributed by atoms with Crippen molar-refractivity contribution in [3.05, 3.63) is 35.4 Å². The van der Waals surface area contributed by atoms with Crippen molar-refractivity contribution in [2.24, 2.45) is 0 Å². The number of benzene rings is 1. The SMILES string of the molecule is Fc1cccc(F)c1COCl. The molecule has 0 aliphatic carbocycles. The molecule has 0 bridgehead atoms. The Morgan fingerprint density at radius 3 is 2.27 bits per heavy atom. The van der Waals surface area contributed by atoms with Gasteiger partial charge in [-0.3, -0.25) is 4.29 Å². The van der Waals surface area contributed by atoms with E-state index >= 15 is 0 Å². The molecule has 0 saturated carbocycles. The van der Waals surface area contributed by atoms with Crippen LogP contribution < -0.4 is 0 Å². The van der Waals surface area contributed by atoms with Gasteiger partial charge in [0.2, 0.25) is 0 Å². The van der Waals surface area contributed by atoms with Crippen molar-refractivity contribution in [3.8, 4) is 0 Å². The Kier molecular flexibility index (Phi) is 2.79. The molecule has 1 aromatic rings. The minimum Gasteiger partial charge on any atom is -0.274 e. The molecule has 0 amide bonds. The van der Waals surface area contributed by atoms with Gasteiger partial charge in [-0.15, -0.1) is 0 Å². The van der Waals surface area contributed by atoms with Crippen LogP contribution in [0, 0.1) is 11.6 Å². The van der Waals surface area contributed by atoms with Crippen LogP contribution in [0.3, 0.4) is 0 Å². The van der Waals surface area contributed by atoms with E-state index in [2.05, 4.69) is 4.29 Å². The maximum Gasteiger partial charge on any atom is 0.131 e. The Balaban J connectivity index is 3.00. The van der Waals surface area contributed by atoms with Crippen molar-refractivity contribution >= 4 is 11.9 Å². The zero-order chi connectivity index (χ0) is 8.27. The maximum absolute atomic E-state index is 12.7. The van der Waals surface area contributed by atoms with Gasteiger partial charge in [0.1, 0.15) is 11.6 Å². The summed E-state index contributed by atoms with van der Waals surface area (Å²) in [4.78, 5) is 0. The summed E-state index contributed by atoms with van der Waals surface area (Å²) in [6, 6.07) is 3.57. The Labute approximate surface area is 67.7 Å². The van der Waals surface area contributed by atoms with Gasteiger partial charge in [0.25, 0.3) is 0 Å². The van der Waals surface area contributed by atoms with E-state index in [1.165, 1.54) is 6.07 Å². The smallest absolute Gasteiger partial charge is 0.131 e. The predicted molar refractivity (Wildman–Crippen MR) is 37.0 cm³/mol. The second-order valence-electron chi connectivity index (χ2n) is 1.95.